The van der Waals surface area contributed by atoms with Crippen molar-refractivity contribution in [2.45, 2.75) is 54.1 Å². The fraction of sp³-hybridized carbons (Fsp3) is 1.00. The highest BCUT2D eigenvalue weighted by Crippen LogP contribution is 2.64. The van der Waals surface area contributed by atoms with Gasteiger partial charge in [0.1, 0.15) is 0 Å². The van der Waals surface area contributed by atoms with E-state index in [2.05, 4.69) is 0 Å². The van der Waals surface area contributed by atoms with Gasteiger partial charge in [0.25, 0.3) is 0 Å². The molecule has 176 valence electrons. The van der Waals surface area contributed by atoms with Crippen molar-refractivity contribution >= 4 is 11.8 Å². The lowest BCUT2D eigenvalue weighted by Crippen LogP contribution is -2.74. The van der Waals surface area contributed by atoms with Gasteiger partial charge in [-0.25, -0.2) is 0 Å². The van der Waals surface area contributed by atoms with Gasteiger partial charge in [-0.3, -0.25) is 0 Å². The molecule has 0 bridgehead atoms. The fourth-order valence-corrected chi connectivity index (χ4v) is 2.04. The second-order valence-electron chi connectivity index (χ2n) is 5.39. The summed E-state index contributed by atoms with van der Waals surface area (Å²) in [5, 5.41) is 0. The molecule has 18 heteroatoms. The SMILES string of the molecule is CSCCC(F)(F)C(F)(F)C(F)(F)C(F)(F)C(F)(F)C(F)(F)C(F)(F)C(F)(F)F. The average molecular weight is 494 g/mol. The summed E-state index contributed by atoms with van der Waals surface area (Å²) in [5.74, 6) is -56.9. The zero-order valence-electron chi connectivity index (χ0n) is 13.2. The van der Waals surface area contributed by atoms with Crippen molar-refractivity contribution in [1.29, 1.82) is 0 Å². The minimum absolute atomic E-state index is 0.241. The van der Waals surface area contributed by atoms with Crippen LogP contribution >= 0.6 is 11.8 Å². The van der Waals surface area contributed by atoms with Gasteiger partial charge >= 0.3 is 47.6 Å². The smallest absolute Gasteiger partial charge is 0.200 e. The Kier molecular flexibility index (Phi) is 7.17. The number of hydrogen-bond donors (Lipinski definition) is 0. The van der Waals surface area contributed by atoms with Crippen molar-refractivity contribution in [3.8, 4) is 0 Å². The van der Waals surface area contributed by atoms with Crippen LogP contribution in [0.4, 0.5) is 74.6 Å². The monoisotopic (exact) mass is 494 g/mol. The van der Waals surface area contributed by atoms with E-state index in [1.807, 2.05) is 0 Å². The van der Waals surface area contributed by atoms with E-state index in [4.69, 9.17) is 0 Å². The van der Waals surface area contributed by atoms with Crippen LogP contribution in [0.1, 0.15) is 6.42 Å². The normalized spacial score (nSPS) is 16.3. The number of hydrogen-bond acceptors (Lipinski definition) is 1. The molecule has 0 amide bonds. The molecule has 0 aliphatic rings. The molecule has 0 fully saturated rings. The molecule has 0 aromatic heterocycles. The Morgan fingerprint density at radius 2 is 0.724 bits per heavy atom. The predicted molar refractivity (Wildman–Crippen MR) is 63.7 cm³/mol. The molecule has 0 spiro atoms. The average Bonchev–Trinajstić information content (AvgIpc) is 2.50. The van der Waals surface area contributed by atoms with Gasteiger partial charge in [-0.05, 0) is 12.0 Å². The maximum absolute atomic E-state index is 13.3. The van der Waals surface area contributed by atoms with Crippen LogP contribution in [0.25, 0.3) is 0 Å². The molecule has 0 rings (SSSR count). The number of alkyl halides is 17. The quantitative estimate of drug-likeness (QED) is 0.320. The Morgan fingerprint density at radius 3 is 1.00 bits per heavy atom. The Morgan fingerprint density at radius 1 is 0.448 bits per heavy atom. The molecule has 0 aromatic rings. The summed E-state index contributed by atoms with van der Waals surface area (Å²) in [6.07, 6.45) is -9.22. The van der Waals surface area contributed by atoms with Gasteiger partial charge in [0, 0.05) is 6.42 Å². The van der Waals surface area contributed by atoms with E-state index in [0.29, 0.717) is 0 Å². The minimum Gasteiger partial charge on any atom is -0.200 e. The number of thioether (sulfide) groups is 1. The summed E-state index contributed by atoms with van der Waals surface area (Å²) >= 11 is 0.241. The van der Waals surface area contributed by atoms with Crippen molar-refractivity contribution in [1.82, 2.24) is 0 Å². The largest absolute Gasteiger partial charge is 0.460 e. The summed E-state index contributed by atoms with van der Waals surface area (Å²) in [6.45, 7) is 0. The van der Waals surface area contributed by atoms with Gasteiger partial charge in [0.2, 0.25) is 0 Å². The first kappa shape index (κ1) is 28.2. The molecule has 0 saturated heterocycles. The van der Waals surface area contributed by atoms with Crippen LogP contribution in [0.2, 0.25) is 0 Å². The molecule has 29 heavy (non-hydrogen) atoms. The third-order valence-electron chi connectivity index (χ3n) is 3.41. The van der Waals surface area contributed by atoms with E-state index < -0.39 is 59.8 Å². The summed E-state index contributed by atoms with van der Waals surface area (Å²) < 4.78 is 219. The molecule has 0 heterocycles. The van der Waals surface area contributed by atoms with Gasteiger partial charge in [-0.1, -0.05) is 0 Å². The molecule has 0 aliphatic heterocycles. The van der Waals surface area contributed by atoms with Gasteiger partial charge in [-0.15, -0.1) is 0 Å². The van der Waals surface area contributed by atoms with E-state index in [9.17, 15) is 74.6 Å². The molecular weight excluding hydrogens is 487 g/mol. The number of halogens is 17. The molecule has 0 N–H and O–H groups in total. The lowest BCUT2D eigenvalue weighted by molar-refractivity contribution is -0.461. The third kappa shape index (κ3) is 3.81. The van der Waals surface area contributed by atoms with Gasteiger partial charge in [0.15, 0.2) is 0 Å². The molecule has 0 aromatic carbocycles. The number of rotatable bonds is 9. The molecular formula is C11H7F17S. The Bertz CT molecular complexity index is 574. The second-order valence-corrected chi connectivity index (χ2v) is 6.38. The van der Waals surface area contributed by atoms with Crippen LogP contribution in [0, 0.1) is 0 Å². The zero-order valence-corrected chi connectivity index (χ0v) is 14.1. The summed E-state index contributed by atoms with van der Waals surface area (Å²) in [4.78, 5) is 0. The van der Waals surface area contributed by atoms with Gasteiger partial charge in [-0.2, -0.15) is 86.4 Å². The van der Waals surface area contributed by atoms with Crippen LogP contribution in [0.15, 0.2) is 0 Å². The van der Waals surface area contributed by atoms with E-state index in [1.54, 1.807) is 0 Å². The Labute approximate surface area is 153 Å². The summed E-state index contributed by atoms with van der Waals surface area (Å²) in [6, 6.07) is 0. The predicted octanol–water partition coefficient (Wildman–Crippen LogP) is 6.75. The molecule has 0 unspecified atom stereocenters. The van der Waals surface area contributed by atoms with Crippen molar-refractivity contribution in [3.63, 3.8) is 0 Å². The van der Waals surface area contributed by atoms with Crippen LogP contribution in [-0.2, 0) is 0 Å². The summed E-state index contributed by atoms with van der Waals surface area (Å²) in [7, 11) is 0. The van der Waals surface area contributed by atoms with Crippen molar-refractivity contribution in [2.75, 3.05) is 12.0 Å². The van der Waals surface area contributed by atoms with Crippen LogP contribution in [0.3, 0.4) is 0 Å². The maximum atomic E-state index is 13.3. The lowest BCUT2D eigenvalue weighted by atomic mass is 9.88. The highest BCUT2D eigenvalue weighted by Gasteiger charge is 2.95. The topological polar surface area (TPSA) is 0 Å². The van der Waals surface area contributed by atoms with Crippen molar-refractivity contribution < 1.29 is 74.6 Å². The van der Waals surface area contributed by atoms with E-state index in [1.165, 1.54) is 0 Å². The second kappa shape index (κ2) is 7.39. The first-order valence-corrected chi connectivity index (χ1v) is 7.91. The van der Waals surface area contributed by atoms with E-state index in [-0.39, 0.29) is 11.8 Å². The standard InChI is InChI=1S/C11H7F17S/c1-29-3-2-4(12,13)5(14,15)6(16,17)7(18,19)8(20,21)9(22,23)10(24,25)11(26,27)28/h2-3H2,1H3. The zero-order chi connectivity index (χ0) is 24.1. The third-order valence-corrected chi connectivity index (χ3v) is 4.02. The van der Waals surface area contributed by atoms with Crippen LogP contribution in [0.5, 0.6) is 0 Å². The molecule has 0 saturated carbocycles. The Balaban J connectivity index is 6.57. The molecule has 0 radical (unpaired) electrons. The minimum atomic E-state index is -8.57. The lowest BCUT2D eigenvalue weighted by Gasteiger charge is -2.42. The highest BCUT2D eigenvalue weighted by molar-refractivity contribution is 7.98. The van der Waals surface area contributed by atoms with Crippen molar-refractivity contribution in [2.24, 2.45) is 0 Å². The van der Waals surface area contributed by atoms with E-state index >= 15 is 0 Å². The Hall–Kier alpha value is -0.840. The summed E-state index contributed by atoms with van der Waals surface area (Å²) in [5.41, 5.74) is 0. The molecule has 0 atom stereocenters. The maximum Gasteiger partial charge on any atom is 0.460 e. The molecule has 0 nitrogen and oxygen atoms in total. The molecule has 0 aliphatic carbocycles. The fourth-order valence-electron chi connectivity index (χ4n) is 1.58. The first-order chi connectivity index (χ1) is 12.3. The highest BCUT2D eigenvalue weighted by atomic mass is 32.2. The van der Waals surface area contributed by atoms with Gasteiger partial charge < -0.3 is 0 Å². The van der Waals surface area contributed by atoms with Crippen molar-refractivity contribution in [3.05, 3.63) is 0 Å². The van der Waals surface area contributed by atoms with E-state index in [0.717, 1.165) is 6.26 Å². The van der Waals surface area contributed by atoms with Crippen LogP contribution < -0.4 is 0 Å². The van der Waals surface area contributed by atoms with Gasteiger partial charge in [0.05, 0.1) is 0 Å². The van der Waals surface area contributed by atoms with Crippen LogP contribution in [-0.4, -0.2) is 59.6 Å². The first-order valence-electron chi connectivity index (χ1n) is 6.51.